The lowest BCUT2D eigenvalue weighted by Gasteiger charge is -2.05. The fraction of sp³-hybridized carbons (Fsp3) is 0.895. The van der Waals surface area contributed by atoms with Crippen molar-refractivity contribution in [2.75, 3.05) is 0 Å². The zero-order valence-corrected chi connectivity index (χ0v) is 14.0. The molecule has 2 aliphatic carbocycles. The largest absolute Gasteiger partial charge is 0.231 e. The highest BCUT2D eigenvalue weighted by molar-refractivity contribution is 5.26. The van der Waals surface area contributed by atoms with Gasteiger partial charge in [-0.3, -0.25) is 0 Å². The van der Waals surface area contributed by atoms with Crippen molar-refractivity contribution in [3.05, 3.63) is 0 Å². The number of hydrogen-bond acceptors (Lipinski definition) is 4. The molecule has 4 nitrogen and oxygen atoms in total. The van der Waals surface area contributed by atoms with Crippen molar-refractivity contribution in [1.29, 1.82) is 10.8 Å². The van der Waals surface area contributed by atoms with Gasteiger partial charge in [-0.2, -0.15) is 0 Å². The summed E-state index contributed by atoms with van der Waals surface area (Å²) >= 11 is 0. The molecule has 2 aliphatic rings. The van der Waals surface area contributed by atoms with Crippen LogP contribution in [0.15, 0.2) is 0 Å². The van der Waals surface area contributed by atoms with Crippen molar-refractivity contribution in [3.63, 3.8) is 0 Å². The van der Waals surface area contributed by atoms with E-state index in [0.717, 1.165) is 12.2 Å². The van der Waals surface area contributed by atoms with Crippen LogP contribution in [0.2, 0.25) is 0 Å². The highest BCUT2D eigenvalue weighted by atomic mass is 16.1. The Labute approximate surface area is 145 Å². The molecule has 4 heteroatoms. The Kier molecular flexibility index (Phi) is 62.1. The predicted octanol–water partition coefficient (Wildman–Crippen LogP) is 7.17. The second-order valence-electron chi connectivity index (χ2n) is 5.15. The molecule has 23 heavy (non-hydrogen) atoms. The molecular formula is C19H42N2O2. The van der Waals surface area contributed by atoms with E-state index in [9.17, 15) is 0 Å². The van der Waals surface area contributed by atoms with E-state index in [1.165, 1.54) is 83.5 Å². The van der Waals surface area contributed by atoms with E-state index in [1.807, 2.05) is 0 Å². The Morgan fingerprint density at radius 1 is 0.565 bits per heavy atom. The molecule has 0 aliphatic heterocycles. The molecule has 2 rings (SSSR count). The average molecular weight is 331 g/mol. The molecule has 140 valence electrons. The molecule has 0 spiro atoms. The van der Waals surface area contributed by atoms with Gasteiger partial charge < -0.3 is 0 Å². The minimum absolute atomic E-state index is 0. The number of rotatable bonds is 0. The topological polar surface area (TPSA) is 81.8 Å². The van der Waals surface area contributed by atoms with Gasteiger partial charge in [-0.05, 0) is 0 Å². The molecule has 0 radical (unpaired) electrons. The summed E-state index contributed by atoms with van der Waals surface area (Å²) in [4.78, 5) is 16.7. The van der Waals surface area contributed by atoms with Gasteiger partial charge in [-0.15, -0.1) is 0 Å². The molecule has 0 aromatic carbocycles. The molecule has 0 bridgehead atoms. The Balaban J connectivity index is -0.0000000604. The summed E-state index contributed by atoms with van der Waals surface area (Å²) in [5, 5.41) is 10.8. The smallest absolute Gasteiger partial charge is 0.222 e. The Hall–Kier alpha value is -1.24. The molecule has 2 fully saturated rings. The van der Waals surface area contributed by atoms with Crippen LogP contribution in [0.4, 0.5) is 0 Å². The molecule has 0 amide bonds. The van der Waals surface area contributed by atoms with Gasteiger partial charge in [0, 0.05) is 0 Å². The van der Waals surface area contributed by atoms with Crippen molar-refractivity contribution >= 4 is 12.2 Å². The molecule has 0 aromatic rings. The van der Waals surface area contributed by atoms with Crippen LogP contribution in [0.5, 0.6) is 0 Å². The maximum Gasteiger partial charge on any atom is 0.231 e. The van der Waals surface area contributed by atoms with Crippen molar-refractivity contribution in [1.82, 2.24) is 0 Å². The highest BCUT2D eigenvalue weighted by Crippen LogP contribution is 2.15. The van der Waals surface area contributed by atoms with Gasteiger partial charge in [0.05, 0.1) is 0 Å². The fourth-order valence-corrected chi connectivity index (χ4v) is 2.12. The zero-order chi connectivity index (χ0) is 16.6. The first-order chi connectivity index (χ1) is 10.2. The lowest BCUT2D eigenvalue weighted by Crippen LogP contribution is -1.85. The standard InChI is InChI=1S/2C6H12.C3H8.2CHNO.2CH4/c2*1-2-4-6-5-3-1;1-3-2;2*2-1-3;;/h2*1-6H2;3H2,1-2H3;2*2H;2*1H4. The summed E-state index contributed by atoms with van der Waals surface area (Å²) in [6.07, 6.45) is 20.8. The van der Waals surface area contributed by atoms with Crippen LogP contribution >= 0.6 is 0 Å². The van der Waals surface area contributed by atoms with Crippen LogP contribution in [0.25, 0.3) is 0 Å². The van der Waals surface area contributed by atoms with E-state index < -0.39 is 0 Å². The van der Waals surface area contributed by atoms with Crippen LogP contribution in [0.1, 0.15) is 112 Å². The third-order valence-electron chi connectivity index (χ3n) is 3.00. The van der Waals surface area contributed by atoms with Crippen LogP contribution in [0.3, 0.4) is 0 Å². The van der Waals surface area contributed by atoms with E-state index in [-0.39, 0.29) is 14.9 Å². The van der Waals surface area contributed by atoms with Crippen molar-refractivity contribution < 1.29 is 9.59 Å². The monoisotopic (exact) mass is 330 g/mol. The van der Waals surface area contributed by atoms with Gasteiger partial charge in [-0.25, -0.2) is 20.4 Å². The van der Waals surface area contributed by atoms with Crippen molar-refractivity contribution in [3.8, 4) is 0 Å². The Morgan fingerprint density at radius 3 is 0.652 bits per heavy atom. The molecule has 0 aromatic heterocycles. The molecule has 0 saturated heterocycles. The minimum atomic E-state index is 0. The van der Waals surface area contributed by atoms with Crippen LogP contribution in [-0.2, 0) is 9.59 Å². The molecule has 0 unspecified atom stereocenters. The second-order valence-corrected chi connectivity index (χ2v) is 5.15. The van der Waals surface area contributed by atoms with E-state index >= 15 is 0 Å². The Morgan fingerprint density at radius 2 is 0.609 bits per heavy atom. The van der Waals surface area contributed by atoms with Crippen LogP contribution in [-0.4, -0.2) is 12.2 Å². The quantitative estimate of drug-likeness (QED) is 0.364. The van der Waals surface area contributed by atoms with Gasteiger partial charge >= 0.3 is 0 Å². The lowest BCUT2D eigenvalue weighted by atomic mass is 10.0. The van der Waals surface area contributed by atoms with Gasteiger partial charge in [0.25, 0.3) is 0 Å². The summed E-state index contributed by atoms with van der Waals surface area (Å²) in [6, 6.07) is 0. The van der Waals surface area contributed by atoms with E-state index in [2.05, 4.69) is 13.8 Å². The van der Waals surface area contributed by atoms with Crippen LogP contribution in [0, 0.1) is 10.8 Å². The molecule has 2 N–H and O–H groups in total. The number of carbonyl (C=O) groups excluding carboxylic acids is 2. The van der Waals surface area contributed by atoms with Gasteiger partial charge in [-0.1, -0.05) is 112 Å². The first kappa shape index (κ1) is 33.4. The third-order valence-corrected chi connectivity index (χ3v) is 3.00. The van der Waals surface area contributed by atoms with E-state index in [0.29, 0.717) is 0 Å². The first-order valence-electron chi connectivity index (χ1n) is 8.32. The maximum atomic E-state index is 8.35. The highest BCUT2D eigenvalue weighted by Gasteiger charge is 1.96. The second kappa shape index (κ2) is 42.8. The SMILES string of the molecule is C.C.C1CCCCC1.C1CCCCC1.CCC.N=C=O.N=C=O. The van der Waals surface area contributed by atoms with Crippen LogP contribution < -0.4 is 0 Å². The molecule has 0 atom stereocenters. The summed E-state index contributed by atoms with van der Waals surface area (Å²) in [7, 11) is 0. The molecular weight excluding hydrogens is 288 g/mol. The zero-order valence-electron chi connectivity index (χ0n) is 14.0. The van der Waals surface area contributed by atoms with Gasteiger partial charge in [0.15, 0.2) is 0 Å². The number of hydrogen-bond donors (Lipinski definition) is 2. The summed E-state index contributed by atoms with van der Waals surface area (Å²) in [5.41, 5.74) is 0. The molecule has 2 saturated carbocycles. The van der Waals surface area contributed by atoms with Gasteiger partial charge in [0.1, 0.15) is 0 Å². The average Bonchev–Trinajstić information content (AvgIpc) is 2.54. The summed E-state index contributed by atoms with van der Waals surface area (Å²) in [6.45, 7) is 4.25. The Bertz CT molecular complexity index is 177. The third kappa shape index (κ3) is 63.1. The van der Waals surface area contributed by atoms with Crippen molar-refractivity contribution in [2.24, 2.45) is 0 Å². The van der Waals surface area contributed by atoms with E-state index in [1.54, 1.807) is 0 Å². The van der Waals surface area contributed by atoms with Gasteiger partial charge in [0.2, 0.25) is 12.2 Å². The number of isocyanates is 2. The normalized spacial score (nSPS) is 14.0. The van der Waals surface area contributed by atoms with Crippen molar-refractivity contribution in [2.45, 2.75) is 112 Å². The number of nitrogens with one attached hydrogen (secondary N) is 2. The minimum Gasteiger partial charge on any atom is -0.222 e. The predicted molar refractivity (Wildman–Crippen MR) is 102 cm³/mol. The molecule has 0 heterocycles. The summed E-state index contributed by atoms with van der Waals surface area (Å²) < 4.78 is 0. The fourth-order valence-electron chi connectivity index (χ4n) is 2.12. The lowest BCUT2D eigenvalue weighted by molar-refractivity contribution is 0.504. The maximum absolute atomic E-state index is 8.35. The summed E-state index contributed by atoms with van der Waals surface area (Å²) in [5.74, 6) is 0. The first-order valence-corrected chi connectivity index (χ1v) is 8.32. The van der Waals surface area contributed by atoms with E-state index in [4.69, 9.17) is 20.4 Å².